The normalized spacial score (nSPS) is 10.8. The van der Waals surface area contributed by atoms with Crippen molar-refractivity contribution in [2.45, 2.75) is 19.8 Å². The minimum atomic E-state index is -0.292. The maximum Gasteiger partial charge on any atom is 0.310 e. The molecule has 144 valence electrons. The Bertz CT molecular complexity index is 1050. The van der Waals surface area contributed by atoms with E-state index >= 15 is 0 Å². The Morgan fingerprint density at radius 2 is 1.68 bits per heavy atom. The van der Waals surface area contributed by atoms with E-state index in [9.17, 15) is 4.79 Å². The Hall–Kier alpha value is -3.61. The van der Waals surface area contributed by atoms with Gasteiger partial charge in [-0.15, -0.1) is 0 Å². The number of carbonyl (C=O) groups excluding carboxylic acids is 1. The second kappa shape index (κ2) is 7.96. The number of nitrogens with one attached hydrogen (secondary N) is 3. The van der Waals surface area contributed by atoms with E-state index in [1.54, 1.807) is 24.3 Å². The monoisotopic (exact) mass is 377 g/mol. The molecule has 1 heterocycles. The molecule has 0 unspecified atom stereocenters. The third-order valence-electron chi connectivity index (χ3n) is 4.49. The molecule has 0 aliphatic heterocycles. The molecule has 0 spiro atoms. The van der Waals surface area contributed by atoms with Gasteiger partial charge in [-0.25, -0.2) is 0 Å². The maximum absolute atomic E-state index is 12.3. The van der Waals surface area contributed by atoms with Gasteiger partial charge in [0, 0.05) is 22.0 Å². The van der Waals surface area contributed by atoms with Gasteiger partial charge in [-0.3, -0.25) is 15.6 Å². The summed E-state index contributed by atoms with van der Waals surface area (Å²) in [5.74, 6) is -0.314. The summed E-state index contributed by atoms with van der Waals surface area (Å²) in [5, 5.41) is 16.1. The summed E-state index contributed by atoms with van der Waals surface area (Å²) < 4.78 is 5.27. The molecule has 0 aliphatic carbocycles. The van der Waals surface area contributed by atoms with Crippen molar-refractivity contribution >= 4 is 28.5 Å². The molecule has 3 aromatic rings. The fourth-order valence-electron chi connectivity index (χ4n) is 3.08. The molecule has 7 N–H and O–H groups in total. The van der Waals surface area contributed by atoms with Gasteiger partial charge in [0.15, 0.2) is 0 Å². The van der Waals surface area contributed by atoms with Crippen LogP contribution < -0.4 is 11.5 Å². The van der Waals surface area contributed by atoms with Gasteiger partial charge in [0.05, 0.1) is 18.7 Å². The van der Waals surface area contributed by atoms with Gasteiger partial charge in [0.1, 0.15) is 11.7 Å². The highest BCUT2D eigenvalue weighted by Gasteiger charge is 2.18. The van der Waals surface area contributed by atoms with Crippen LogP contribution in [-0.2, 0) is 16.0 Å². The zero-order valence-corrected chi connectivity index (χ0v) is 15.6. The third-order valence-corrected chi connectivity index (χ3v) is 4.49. The van der Waals surface area contributed by atoms with Crippen LogP contribution in [0, 0.1) is 10.8 Å². The summed E-state index contributed by atoms with van der Waals surface area (Å²) in [5.41, 5.74) is 15.6. The number of aromatic amines is 1. The Balaban J connectivity index is 2.10. The number of esters is 1. The first-order valence-corrected chi connectivity index (χ1v) is 9.00. The molecule has 1 aromatic heterocycles. The Morgan fingerprint density at radius 3 is 2.29 bits per heavy atom. The molecule has 0 amide bonds. The largest absolute Gasteiger partial charge is 0.465 e. The first-order valence-electron chi connectivity index (χ1n) is 9.00. The van der Waals surface area contributed by atoms with Crippen molar-refractivity contribution in [3.8, 4) is 11.3 Å². The van der Waals surface area contributed by atoms with E-state index < -0.39 is 0 Å². The topological polar surface area (TPSA) is 142 Å². The first-order chi connectivity index (χ1) is 13.4. The second-order valence-electron chi connectivity index (χ2n) is 6.54. The molecular weight excluding hydrogens is 354 g/mol. The first kappa shape index (κ1) is 19.2. The third kappa shape index (κ3) is 3.88. The highest BCUT2D eigenvalue weighted by Crippen LogP contribution is 2.32. The summed E-state index contributed by atoms with van der Waals surface area (Å²) in [6, 6.07) is 12.7. The molecule has 0 atom stereocenters. The lowest BCUT2D eigenvalue weighted by atomic mass is 10.0. The molecule has 28 heavy (non-hydrogen) atoms. The van der Waals surface area contributed by atoms with E-state index in [4.69, 9.17) is 27.0 Å². The van der Waals surface area contributed by atoms with Crippen molar-refractivity contribution < 1.29 is 9.53 Å². The zero-order valence-electron chi connectivity index (χ0n) is 15.6. The Kier molecular flexibility index (Phi) is 5.44. The minimum absolute atomic E-state index is 0.00216. The lowest BCUT2D eigenvalue weighted by molar-refractivity contribution is -0.142. The summed E-state index contributed by atoms with van der Waals surface area (Å²) in [6.45, 7) is 2.34. The fourth-order valence-corrected chi connectivity index (χ4v) is 3.08. The number of aromatic nitrogens is 1. The predicted octanol–water partition coefficient (Wildman–Crippen LogP) is 2.90. The van der Waals surface area contributed by atoms with Crippen molar-refractivity contribution in [3.05, 3.63) is 59.2 Å². The predicted molar refractivity (Wildman–Crippen MR) is 111 cm³/mol. The Morgan fingerprint density at radius 1 is 1.04 bits per heavy atom. The summed E-state index contributed by atoms with van der Waals surface area (Å²) in [7, 11) is 0. The molecule has 7 heteroatoms. The number of amidine groups is 2. The van der Waals surface area contributed by atoms with Crippen molar-refractivity contribution in [1.29, 1.82) is 10.8 Å². The van der Waals surface area contributed by atoms with Crippen LogP contribution in [-0.4, -0.2) is 29.2 Å². The molecule has 0 fully saturated rings. The van der Waals surface area contributed by atoms with Gasteiger partial charge in [0.25, 0.3) is 0 Å². The van der Waals surface area contributed by atoms with E-state index in [-0.39, 0.29) is 24.1 Å². The van der Waals surface area contributed by atoms with E-state index in [0.29, 0.717) is 17.7 Å². The molecule has 0 bridgehead atoms. The number of fused-ring (bicyclic) bond motifs is 1. The van der Waals surface area contributed by atoms with Gasteiger partial charge in [-0.2, -0.15) is 0 Å². The molecule has 2 aromatic carbocycles. The minimum Gasteiger partial charge on any atom is -0.465 e. The van der Waals surface area contributed by atoms with E-state index in [1.807, 2.05) is 25.1 Å². The second-order valence-corrected chi connectivity index (χ2v) is 6.54. The maximum atomic E-state index is 12.3. The quantitative estimate of drug-likeness (QED) is 0.245. The Labute approximate surface area is 162 Å². The lowest BCUT2D eigenvalue weighted by Gasteiger charge is -2.07. The molecule has 0 saturated carbocycles. The van der Waals surface area contributed by atoms with E-state index in [1.165, 1.54) is 0 Å². The van der Waals surface area contributed by atoms with Crippen molar-refractivity contribution in [1.82, 2.24) is 4.98 Å². The summed E-state index contributed by atoms with van der Waals surface area (Å²) >= 11 is 0. The van der Waals surface area contributed by atoms with Crippen LogP contribution in [0.15, 0.2) is 42.5 Å². The summed E-state index contributed by atoms with van der Waals surface area (Å²) in [6.07, 6.45) is 0.893. The molecule has 0 radical (unpaired) electrons. The fraction of sp³-hybridized carbons (Fsp3) is 0.190. The number of H-pyrrole nitrogens is 1. The van der Waals surface area contributed by atoms with Gasteiger partial charge in [-0.1, -0.05) is 43.3 Å². The van der Waals surface area contributed by atoms with Crippen LogP contribution in [0.3, 0.4) is 0 Å². The standard InChI is InChI=1S/C21H23N5O2/c1-2-9-28-18(27)11-16-15-8-7-14(21(24)25)10-17(15)26-19(16)12-3-5-13(6-4-12)20(22)23/h3-8,10,26H,2,9,11H2,1H3,(H3,22,23)(H3,24,25). The van der Waals surface area contributed by atoms with Gasteiger partial charge in [0.2, 0.25) is 0 Å². The average molecular weight is 377 g/mol. The number of rotatable bonds is 7. The van der Waals surface area contributed by atoms with Crippen molar-refractivity contribution in [2.24, 2.45) is 11.5 Å². The van der Waals surface area contributed by atoms with Crippen LogP contribution in [0.25, 0.3) is 22.2 Å². The molecular formula is C21H23N5O2. The number of hydrogen-bond donors (Lipinski definition) is 5. The number of carbonyl (C=O) groups is 1. The van der Waals surface area contributed by atoms with E-state index in [2.05, 4.69) is 4.98 Å². The SMILES string of the molecule is CCCOC(=O)Cc1c(-c2ccc(C(=N)N)cc2)[nH]c2cc(C(=N)N)ccc12. The number of nitrogen functional groups attached to an aromatic ring is 2. The van der Waals surface area contributed by atoms with Crippen molar-refractivity contribution in [2.75, 3.05) is 6.61 Å². The number of benzene rings is 2. The number of ether oxygens (including phenoxy) is 1. The lowest BCUT2D eigenvalue weighted by Crippen LogP contribution is -2.11. The van der Waals surface area contributed by atoms with Gasteiger partial charge in [-0.05, 0) is 23.6 Å². The molecule has 3 rings (SSSR count). The van der Waals surface area contributed by atoms with Gasteiger partial charge >= 0.3 is 5.97 Å². The smallest absolute Gasteiger partial charge is 0.310 e. The molecule has 0 aliphatic rings. The molecule has 7 nitrogen and oxygen atoms in total. The highest BCUT2D eigenvalue weighted by atomic mass is 16.5. The average Bonchev–Trinajstić information content (AvgIpc) is 3.04. The van der Waals surface area contributed by atoms with Gasteiger partial charge < -0.3 is 21.2 Å². The number of nitrogens with two attached hydrogens (primary N) is 2. The van der Waals surface area contributed by atoms with Crippen LogP contribution >= 0.6 is 0 Å². The zero-order chi connectivity index (χ0) is 20.3. The van der Waals surface area contributed by atoms with E-state index in [0.717, 1.165) is 34.1 Å². The van der Waals surface area contributed by atoms with Crippen LogP contribution in [0.1, 0.15) is 30.0 Å². The highest BCUT2D eigenvalue weighted by molar-refractivity contribution is 6.01. The van der Waals surface area contributed by atoms with Crippen LogP contribution in [0.2, 0.25) is 0 Å². The van der Waals surface area contributed by atoms with Crippen LogP contribution in [0.5, 0.6) is 0 Å². The van der Waals surface area contributed by atoms with Crippen LogP contribution in [0.4, 0.5) is 0 Å². The molecule has 0 saturated heterocycles. The summed E-state index contributed by atoms with van der Waals surface area (Å²) in [4.78, 5) is 15.6. The number of hydrogen-bond acceptors (Lipinski definition) is 4. The van der Waals surface area contributed by atoms with Crippen molar-refractivity contribution in [3.63, 3.8) is 0 Å².